The molecule has 0 saturated heterocycles. The molecule has 1 aromatic rings. The second kappa shape index (κ2) is 4.44. The maximum absolute atomic E-state index is 11.8. The fourth-order valence-corrected chi connectivity index (χ4v) is 2.13. The van der Waals surface area contributed by atoms with Gasteiger partial charge in [-0.05, 0) is 36.7 Å². The molecule has 0 unspecified atom stereocenters. The van der Waals surface area contributed by atoms with Gasteiger partial charge in [0.15, 0.2) is 0 Å². The van der Waals surface area contributed by atoms with Gasteiger partial charge in [-0.15, -0.1) is 0 Å². The van der Waals surface area contributed by atoms with Crippen LogP contribution in [0.4, 0.5) is 4.79 Å². The van der Waals surface area contributed by atoms with Crippen molar-refractivity contribution in [3.8, 4) is 0 Å². The first kappa shape index (κ1) is 14.2. The monoisotopic (exact) mass is 302 g/mol. The van der Waals surface area contributed by atoms with E-state index in [1.807, 2.05) is 41.5 Å². The summed E-state index contributed by atoms with van der Waals surface area (Å²) in [6, 6.07) is 0. The fourth-order valence-electron chi connectivity index (χ4n) is 1.26. The molecule has 0 spiro atoms. The van der Waals surface area contributed by atoms with Gasteiger partial charge >= 0.3 is 6.09 Å². The molecule has 0 atom stereocenters. The molecule has 0 fully saturated rings. The average molecular weight is 303 g/mol. The molecule has 4 nitrogen and oxygen atoms in total. The van der Waals surface area contributed by atoms with Crippen molar-refractivity contribution in [3.05, 3.63) is 16.4 Å². The molecule has 0 aromatic carbocycles. The second-order valence-corrected chi connectivity index (χ2v) is 6.85. The zero-order chi connectivity index (χ0) is 13.4. The van der Waals surface area contributed by atoms with Gasteiger partial charge in [0.05, 0.1) is 16.4 Å². The predicted octanol–water partition coefficient (Wildman–Crippen LogP) is 3.73. The van der Waals surface area contributed by atoms with Gasteiger partial charge in [0.25, 0.3) is 0 Å². The van der Waals surface area contributed by atoms with Gasteiger partial charge in [-0.25, -0.2) is 4.79 Å². The van der Waals surface area contributed by atoms with Gasteiger partial charge in [0.2, 0.25) is 0 Å². The van der Waals surface area contributed by atoms with Crippen molar-refractivity contribution in [2.45, 2.75) is 52.6 Å². The third kappa shape index (κ3) is 3.84. The molecule has 0 bridgehead atoms. The highest BCUT2D eigenvalue weighted by molar-refractivity contribution is 9.10. The van der Waals surface area contributed by atoms with Gasteiger partial charge in [-0.3, -0.25) is 0 Å². The third-order valence-corrected chi connectivity index (χ3v) is 2.54. The van der Waals surface area contributed by atoms with Gasteiger partial charge in [0, 0.05) is 5.41 Å². The van der Waals surface area contributed by atoms with Crippen molar-refractivity contribution in [1.29, 1.82) is 0 Å². The lowest BCUT2D eigenvalue weighted by Crippen LogP contribution is -2.27. The predicted molar refractivity (Wildman–Crippen MR) is 70.3 cm³/mol. The van der Waals surface area contributed by atoms with E-state index in [4.69, 9.17) is 4.74 Å². The minimum absolute atomic E-state index is 0.119. The lowest BCUT2D eigenvalue weighted by molar-refractivity contribution is 0.0513. The number of hydrogen-bond acceptors (Lipinski definition) is 3. The number of nitrogens with zero attached hydrogens (tertiary/aromatic N) is 2. The molecule has 0 aliphatic heterocycles. The molecule has 5 heteroatoms. The van der Waals surface area contributed by atoms with E-state index in [1.165, 1.54) is 4.68 Å². The first-order chi connectivity index (χ1) is 7.50. The molecule has 0 N–H and O–H groups in total. The number of rotatable bonds is 0. The largest absolute Gasteiger partial charge is 0.442 e. The maximum atomic E-state index is 11.8. The highest BCUT2D eigenvalue weighted by Crippen LogP contribution is 2.28. The summed E-state index contributed by atoms with van der Waals surface area (Å²) in [5, 5.41) is 4.26. The quantitative estimate of drug-likeness (QED) is 0.733. The normalized spacial score (nSPS) is 12.6. The molecule has 0 saturated carbocycles. The Hall–Kier alpha value is -0.840. The molecular weight excluding hydrogens is 284 g/mol. The summed E-state index contributed by atoms with van der Waals surface area (Å²) in [5.74, 6) is 0. The molecule has 1 rings (SSSR count). The highest BCUT2D eigenvalue weighted by atomic mass is 79.9. The van der Waals surface area contributed by atoms with E-state index < -0.39 is 11.7 Å². The minimum atomic E-state index is -0.516. The van der Waals surface area contributed by atoms with Crippen molar-refractivity contribution in [1.82, 2.24) is 9.78 Å². The van der Waals surface area contributed by atoms with Crippen LogP contribution in [0.15, 0.2) is 10.7 Å². The first-order valence-electron chi connectivity index (χ1n) is 5.50. The van der Waals surface area contributed by atoms with Crippen LogP contribution in [0.3, 0.4) is 0 Å². The van der Waals surface area contributed by atoms with Crippen LogP contribution in [0.2, 0.25) is 0 Å². The van der Waals surface area contributed by atoms with Crippen LogP contribution in [-0.4, -0.2) is 21.5 Å². The summed E-state index contributed by atoms with van der Waals surface area (Å²) in [6.07, 6.45) is 1.17. The van der Waals surface area contributed by atoms with Crippen LogP contribution in [0.5, 0.6) is 0 Å². The van der Waals surface area contributed by atoms with Crippen LogP contribution in [0, 0.1) is 0 Å². The van der Waals surface area contributed by atoms with E-state index in [0.29, 0.717) is 0 Å². The van der Waals surface area contributed by atoms with Crippen LogP contribution >= 0.6 is 15.9 Å². The maximum Gasteiger partial charge on any atom is 0.435 e. The van der Waals surface area contributed by atoms with E-state index in [9.17, 15) is 4.79 Å². The Balaban J connectivity index is 2.99. The molecule has 17 heavy (non-hydrogen) atoms. The molecule has 1 aromatic heterocycles. The second-order valence-electron chi connectivity index (χ2n) is 6.00. The van der Waals surface area contributed by atoms with E-state index >= 15 is 0 Å². The summed E-state index contributed by atoms with van der Waals surface area (Å²) >= 11 is 3.41. The summed E-state index contributed by atoms with van der Waals surface area (Å²) < 4.78 is 7.29. The average Bonchev–Trinajstić information content (AvgIpc) is 2.42. The number of aromatic nitrogens is 2. The van der Waals surface area contributed by atoms with Crippen molar-refractivity contribution >= 4 is 22.0 Å². The van der Waals surface area contributed by atoms with Gasteiger partial charge in [0.1, 0.15) is 5.60 Å². The van der Waals surface area contributed by atoms with Crippen molar-refractivity contribution < 1.29 is 9.53 Å². The zero-order valence-electron chi connectivity index (χ0n) is 11.2. The Morgan fingerprint density at radius 3 is 2.18 bits per heavy atom. The van der Waals surface area contributed by atoms with Gasteiger partial charge < -0.3 is 4.74 Å². The summed E-state index contributed by atoms with van der Waals surface area (Å²) in [7, 11) is 0. The SMILES string of the molecule is CC(C)(C)OC(=O)n1cc(Br)c(C(C)(C)C)n1. The van der Waals surface area contributed by atoms with Crippen molar-refractivity contribution in [2.75, 3.05) is 0 Å². The summed E-state index contributed by atoms with van der Waals surface area (Å²) in [6.45, 7) is 11.6. The first-order valence-corrected chi connectivity index (χ1v) is 6.29. The molecular formula is C12H19BrN2O2. The Morgan fingerprint density at radius 2 is 1.82 bits per heavy atom. The lowest BCUT2D eigenvalue weighted by atomic mass is 9.93. The van der Waals surface area contributed by atoms with Crippen LogP contribution in [0.25, 0.3) is 0 Å². The van der Waals surface area contributed by atoms with Crippen molar-refractivity contribution in [3.63, 3.8) is 0 Å². The van der Waals surface area contributed by atoms with E-state index in [-0.39, 0.29) is 5.41 Å². The highest BCUT2D eigenvalue weighted by Gasteiger charge is 2.25. The Kier molecular flexibility index (Phi) is 3.72. The Morgan fingerprint density at radius 1 is 1.29 bits per heavy atom. The van der Waals surface area contributed by atoms with Crippen LogP contribution in [0.1, 0.15) is 47.2 Å². The zero-order valence-corrected chi connectivity index (χ0v) is 12.8. The molecule has 1 heterocycles. The molecule has 0 amide bonds. The number of hydrogen-bond donors (Lipinski definition) is 0. The standard InChI is InChI=1S/C12H19BrN2O2/c1-11(2,3)9-8(13)7-15(14-9)10(16)17-12(4,5)6/h7H,1-6H3. The molecule has 0 aliphatic carbocycles. The van der Waals surface area contributed by atoms with Crippen molar-refractivity contribution in [2.24, 2.45) is 0 Å². The number of carbonyl (C=O) groups is 1. The van der Waals surface area contributed by atoms with Gasteiger partial charge in [-0.2, -0.15) is 9.78 Å². The van der Waals surface area contributed by atoms with E-state index in [1.54, 1.807) is 6.20 Å². The third-order valence-electron chi connectivity index (χ3n) is 1.96. The number of carbonyl (C=O) groups excluding carboxylic acids is 1. The minimum Gasteiger partial charge on any atom is -0.442 e. The van der Waals surface area contributed by atoms with E-state index in [2.05, 4.69) is 21.0 Å². The molecule has 96 valence electrons. The topological polar surface area (TPSA) is 44.1 Å². The van der Waals surface area contributed by atoms with E-state index in [0.717, 1.165) is 10.2 Å². The number of halogens is 1. The summed E-state index contributed by atoms with van der Waals surface area (Å²) in [4.78, 5) is 11.8. The summed E-state index contributed by atoms with van der Waals surface area (Å²) in [5.41, 5.74) is 0.201. The Labute approximate surface area is 110 Å². The lowest BCUT2D eigenvalue weighted by Gasteiger charge is -2.19. The number of ether oxygens (including phenoxy) is 1. The Bertz CT molecular complexity index is 425. The fraction of sp³-hybridized carbons (Fsp3) is 0.667. The molecule has 0 radical (unpaired) electrons. The van der Waals surface area contributed by atoms with Gasteiger partial charge in [-0.1, -0.05) is 20.8 Å². The van der Waals surface area contributed by atoms with Crippen LogP contribution in [-0.2, 0) is 10.2 Å². The van der Waals surface area contributed by atoms with Crippen LogP contribution < -0.4 is 0 Å². The smallest absolute Gasteiger partial charge is 0.435 e. The molecule has 0 aliphatic rings.